The van der Waals surface area contributed by atoms with Gasteiger partial charge in [-0.2, -0.15) is 0 Å². The van der Waals surface area contributed by atoms with E-state index in [0.717, 1.165) is 15.2 Å². The summed E-state index contributed by atoms with van der Waals surface area (Å²) in [6.07, 6.45) is 0. The molecule has 0 aliphatic heterocycles. The maximum Gasteiger partial charge on any atom is 0.211 e. The number of nitrogens with zero attached hydrogens (tertiary/aromatic N) is 1. The lowest BCUT2D eigenvalue weighted by Gasteiger charge is -2.00. The highest BCUT2D eigenvalue weighted by Crippen LogP contribution is 2.21. The Morgan fingerprint density at radius 2 is 2.12 bits per heavy atom. The van der Waals surface area contributed by atoms with Crippen molar-refractivity contribution in [2.24, 2.45) is 0 Å². The van der Waals surface area contributed by atoms with Gasteiger partial charge in [0, 0.05) is 0 Å². The zero-order valence-corrected chi connectivity index (χ0v) is 10.4. The van der Waals surface area contributed by atoms with Crippen LogP contribution in [0.5, 0.6) is 0 Å². The number of sulfonamides is 1. The van der Waals surface area contributed by atoms with E-state index in [4.69, 9.17) is 0 Å². The van der Waals surface area contributed by atoms with Gasteiger partial charge in [-0.3, -0.25) is 0 Å². The van der Waals surface area contributed by atoms with E-state index in [2.05, 4.69) is 9.71 Å². The normalized spacial score (nSPS) is 12.1. The summed E-state index contributed by atoms with van der Waals surface area (Å²) in [6, 6.07) is 7.76. The maximum absolute atomic E-state index is 11.3. The van der Waals surface area contributed by atoms with Gasteiger partial charge in [0.1, 0.15) is 5.01 Å². The first-order chi connectivity index (χ1) is 7.61. The Balaban J connectivity index is 2.16. The van der Waals surface area contributed by atoms with E-state index in [-0.39, 0.29) is 12.3 Å². The summed E-state index contributed by atoms with van der Waals surface area (Å²) in [4.78, 5) is 4.34. The van der Waals surface area contributed by atoms with Gasteiger partial charge < -0.3 is 0 Å². The van der Waals surface area contributed by atoms with Gasteiger partial charge in [-0.05, 0) is 19.1 Å². The fraction of sp³-hybridized carbons (Fsp3) is 0.300. The van der Waals surface area contributed by atoms with Gasteiger partial charge >= 0.3 is 0 Å². The minimum absolute atomic E-state index is 0.0951. The van der Waals surface area contributed by atoms with Crippen LogP contribution in [0.15, 0.2) is 24.3 Å². The topological polar surface area (TPSA) is 59.1 Å². The number of hydrogen-bond donors (Lipinski definition) is 1. The number of thiazole rings is 1. The highest BCUT2D eigenvalue weighted by molar-refractivity contribution is 7.89. The minimum atomic E-state index is -3.14. The molecule has 1 N–H and O–H groups in total. The standard InChI is InChI=1S/C10H12N2O2S2/c1-2-16(13,14)11-7-10-12-8-5-3-4-6-9(8)15-10/h3-6,11H,2,7H2,1H3. The van der Waals surface area contributed by atoms with Crippen LogP contribution in [-0.4, -0.2) is 19.2 Å². The fourth-order valence-electron chi connectivity index (χ4n) is 1.27. The number of para-hydroxylation sites is 1. The average molecular weight is 256 g/mol. The van der Waals surface area contributed by atoms with E-state index in [1.54, 1.807) is 6.92 Å². The summed E-state index contributed by atoms with van der Waals surface area (Å²) in [5.41, 5.74) is 0.915. The molecule has 0 aliphatic rings. The van der Waals surface area contributed by atoms with Crippen molar-refractivity contribution in [3.05, 3.63) is 29.3 Å². The van der Waals surface area contributed by atoms with Crippen molar-refractivity contribution < 1.29 is 8.42 Å². The summed E-state index contributed by atoms with van der Waals surface area (Å²) in [6.45, 7) is 1.89. The molecular formula is C10H12N2O2S2. The lowest BCUT2D eigenvalue weighted by atomic mass is 10.3. The van der Waals surface area contributed by atoms with E-state index in [1.807, 2.05) is 24.3 Å². The second-order valence-electron chi connectivity index (χ2n) is 3.30. The largest absolute Gasteiger partial charge is 0.240 e. The molecule has 0 spiro atoms. The van der Waals surface area contributed by atoms with E-state index in [0.29, 0.717) is 0 Å². The highest BCUT2D eigenvalue weighted by atomic mass is 32.2. The molecule has 2 rings (SSSR count). The van der Waals surface area contributed by atoms with Gasteiger partial charge in [-0.1, -0.05) is 12.1 Å². The molecule has 0 amide bonds. The van der Waals surface area contributed by atoms with Crippen LogP contribution in [0, 0.1) is 0 Å². The van der Waals surface area contributed by atoms with Crippen molar-refractivity contribution >= 4 is 31.6 Å². The highest BCUT2D eigenvalue weighted by Gasteiger charge is 2.08. The van der Waals surface area contributed by atoms with Crippen LogP contribution in [0.3, 0.4) is 0 Å². The van der Waals surface area contributed by atoms with Crippen LogP contribution in [0.1, 0.15) is 11.9 Å². The molecule has 4 nitrogen and oxygen atoms in total. The van der Waals surface area contributed by atoms with Crippen LogP contribution in [-0.2, 0) is 16.6 Å². The van der Waals surface area contributed by atoms with Crippen molar-refractivity contribution in [2.75, 3.05) is 5.75 Å². The molecule has 0 saturated heterocycles. The molecule has 0 unspecified atom stereocenters. The smallest absolute Gasteiger partial charge is 0.211 e. The van der Waals surface area contributed by atoms with Gasteiger partial charge in [0.05, 0.1) is 22.5 Å². The molecule has 16 heavy (non-hydrogen) atoms. The third-order valence-corrected chi connectivity index (χ3v) is 4.54. The zero-order chi connectivity index (χ0) is 11.6. The Kier molecular flexibility index (Phi) is 3.22. The molecule has 6 heteroatoms. The van der Waals surface area contributed by atoms with E-state index in [1.165, 1.54) is 11.3 Å². The molecule has 0 radical (unpaired) electrons. The van der Waals surface area contributed by atoms with Gasteiger partial charge in [0.2, 0.25) is 10.0 Å². The van der Waals surface area contributed by atoms with Crippen molar-refractivity contribution in [1.82, 2.24) is 9.71 Å². The third kappa shape index (κ3) is 2.58. The molecular weight excluding hydrogens is 244 g/mol. The Hall–Kier alpha value is -0.980. The number of fused-ring (bicyclic) bond motifs is 1. The molecule has 0 bridgehead atoms. The Morgan fingerprint density at radius 1 is 1.38 bits per heavy atom. The van der Waals surface area contributed by atoms with Gasteiger partial charge in [0.15, 0.2) is 0 Å². The maximum atomic E-state index is 11.3. The molecule has 1 aromatic carbocycles. The zero-order valence-electron chi connectivity index (χ0n) is 8.80. The lowest BCUT2D eigenvalue weighted by molar-refractivity contribution is 0.582. The number of aromatic nitrogens is 1. The Morgan fingerprint density at radius 3 is 2.81 bits per heavy atom. The molecule has 2 aromatic rings. The van der Waals surface area contributed by atoms with Crippen LogP contribution in [0.4, 0.5) is 0 Å². The minimum Gasteiger partial charge on any atom is -0.240 e. The Bertz CT molecular complexity index is 557. The van der Waals surface area contributed by atoms with Crippen molar-refractivity contribution in [3.8, 4) is 0 Å². The van der Waals surface area contributed by atoms with E-state index >= 15 is 0 Å². The monoisotopic (exact) mass is 256 g/mol. The summed E-state index contributed by atoms with van der Waals surface area (Å²) in [7, 11) is -3.14. The number of hydrogen-bond acceptors (Lipinski definition) is 4. The number of nitrogens with one attached hydrogen (secondary N) is 1. The molecule has 0 atom stereocenters. The first-order valence-electron chi connectivity index (χ1n) is 4.92. The molecule has 0 saturated carbocycles. The summed E-state index contributed by atoms with van der Waals surface area (Å²) >= 11 is 1.51. The molecule has 1 heterocycles. The quantitative estimate of drug-likeness (QED) is 0.906. The van der Waals surface area contributed by atoms with Crippen molar-refractivity contribution in [3.63, 3.8) is 0 Å². The average Bonchev–Trinajstić information content (AvgIpc) is 2.69. The summed E-state index contributed by atoms with van der Waals surface area (Å²) < 4.78 is 26.1. The molecule has 86 valence electrons. The summed E-state index contributed by atoms with van der Waals surface area (Å²) in [5, 5.41) is 0.790. The number of benzene rings is 1. The van der Waals surface area contributed by atoms with Crippen molar-refractivity contribution in [2.45, 2.75) is 13.5 Å². The number of rotatable bonds is 4. The first-order valence-corrected chi connectivity index (χ1v) is 7.39. The predicted octanol–water partition coefficient (Wildman–Crippen LogP) is 1.74. The van der Waals surface area contributed by atoms with Gasteiger partial charge in [-0.15, -0.1) is 11.3 Å². The predicted molar refractivity (Wildman–Crippen MR) is 65.9 cm³/mol. The summed E-state index contributed by atoms with van der Waals surface area (Å²) in [5.74, 6) is 0.0951. The second kappa shape index (κ2) is 4.48. The van der Waals surface area contributed by atoms with Crippen molar-refractivity contribution in [1.29, 1.82) is 0 Å². The fourth-order valence-corrected chi connectivity index (χ4v) is 2.83. The van der Waals surface area contributed by atoms with Crippen LogP contribution < -0.4 is 4.72 Å². The van der Waals surface area contributed by atoms with Gasteiger partial charge in [-0.25, -0.2) is 18.1 Å². The van der Waals surface area contributed by atoms with E-state index in [9.17, 15) is 8.42 Å². The molecule has 1 aromatic heterocycles. The second-order valence-corrected chi connectivity index (χ2v) is 6.51. The Labute approximate surface area is 98.4 Å². The SMILES string of the molecule is CCS(=O)(=O)NCc1nc2ccccc2s1. The van der Waals surface area contributed by atoms with E-state index < -0.39 is 10.0 Å². The van der Waals surface area contributed by atoms with Crippen LogP contribution >= 0.6 is 11.3 Å². The van der Waals surface area contributed by atoms with Crippen LogP contribution in [0.2, 0.25) is 0 Å². The first kappa shape index (κ1) is 11.5. The molecule has 0 fully saturated rings. The molecule has 0 aliphatic carbocycles. The van der Waals surface area contributed by atoms with Crippen LogP contribution in [0.25, 0.3) is 10.2 Å². The third-order valence-electron chi connectivity index (χ3n) is 2.16. The lowest BCUT2D eigenvalue weighted by Crippen LogP contribution is -2.24. The van der Waals surface area contributed by atoms with Gasteiger partial charge in [0.25, 0.3) is 0 Å².